The van der Waals surface area contributed by atoms with E-state index in [2.05, 4.69) is 15.0 Å². The van der Waals surface area contributed by atoms with E-state index in [0.717, 1.165) is 10.9 Å². The molecule has 0 radical (unpaired) electrons. The van der Waals surface area contributed by atoms with E-state index in [9.17, 15) is 9.00 Å². The fourth-order valence-corrected chi connectivity index (χ4v) is 4.08. The summed E-state index contributed by atoms with van der Waals surface area (Å²) < 4.78 is 14.0. The third kappa shape index (κ3) is 4.88. The number of nitrogens with zero attached hydrogens (tertiary/aromatic N) is 1. The van der Waals surface area contributed by atoms with Crippen molar-refractivity contribution in [1.29, 1.82) is 0 Å². The minimum Gasteiger partial charge on any atom is -0.322 e. The maximum absolute atomic E-state index is 12.8. The number of nitrogens with one attached hydrogen (secondary N) is 2. The topological polar surface area (TPSA) is 71.1 Å². The highest BCUT2D eigenvalue weighted by molar-refractivity contribution is 7.85. The molecule has 5 nitrogen and oxygen atoms in total. The molecule has 0 saturated carbocycles. The number of hydrogen-bond acceptors (Lipinski definition) is 3. The van der Waals surface area contributed by atoms with E-state index in [1.54, 1.807) is 36.4 Å². The van der Waals surface area contributed by atoms with Crippen molar-refractivity contribution in [3.05, 3.63) is 88.4 Å². The molecule has 3 aromatic carbocycles. The van der Waals surface area contributed by atoms with E-state index in [4.69, 9.17) is 23.2 Å². The molecule has 4 aromatic rings. The molecule has 0 bridgehead atoms. The number of carbonyl (C=O) groups is 1. The van der Waals surface area contributed by atoms with Crippen LogP contribution in [-0.4, -0.2) is 21.4 Å². The summed E-state index contributed by atoms with van der Waals surface area (Å²) in [5.41, 5.74) is 3.71. The highest BCUT2D eigenvalue weighted by Crippen LogP contribution is 2.31. The Morgan fingerprint density at radius 2 is 1.68 bits per heavy atom. The maximum atomic E-state index is 12.8. The molecule has 0 saturated heterocycles. The van der Waals surface area contributed by atoms with Crippen LogP contribution in [0.4, 0.5) is 11.4 Å². The number of rotatable bonds is 5. The second kappa shape index (κ2) is 9.06. The van der Waals surface area contributed by atoms with Crippen molar-refractivity contribution in [2.45, 2.75) is 0 Å². The Morgan fingerprint density at radius 3 is 2.45 bits per heavy atom. The van der Waals surface area contributed by atoms with Crippen molar-refractivity contribution in [3.8, 4) is 11.3 Å². The van der Waals surface area contributed by atoms with Gasteiger partial charge in [-0.3, -0.25) is 4.79 Å². The van der Waals surface area contributed by atoms with Gasteiger partial charge in [-0.25, -0.2) is 9.19 Å². The monoisotopic (exact) mass is 469 g/mol. The number of carbonyl (C=O) groups excluding carboxylic acids is 1. The molecule has 0 fully saturated rings. The van der Waals surface area contributed by atoms with Gasteiger partial charge in [0, 0.05) is 28.6 Å². The molecule has 4 rings (SSSR count). The maximum Gasteiger partial charge on any atom is 0.257 e. The summed E-state index contributed by atoms with van der Waals surface area (Å²) in [5.74, 6) is -0.367. The van der Waals surface area contributed by atoms with Crippen LogP contribution in [-0.2, 0) is 11.0 Å². The van der Waals surface area contributed by atoms with Gasteiger partial charge in [-0.15, -0.1) is 0 Å². The third-order valence-electron chi connectivity index (χ3n) is 4.57. The lowest BCUT2D eigenvalue weighted by Crippen LogP contribution is -2.13. The van der Waals surface area contributed by atoms with Gasteiger partial charge >= 0.3 is 0 Å². The highest BCUT2D eigenvalue weighted by atomic mass is 35.5. The van der Waals surface area contributed by atoms with Crippen molar-refractivity contribution in [3.63, 3.8) is 0 Å². The zero-order valence-corrected chi connectivity index (χ0v) is 18.7. The van der Waals surface area contributed by atoms with Crippen LogP contribution in [0.5, 0.6) is 0 Å². The number of para-hydroxylation sites is 1. The summed E-state index contributed by atoms with van der Waals surface area (Å²) in [6, 6.07) is 21.7. The normalized spacial score (nSPS) is 11.8. The van der Waals surface area contributed by atoms with E-state index < -0.39 is 11.0 Å². The molecule has 1 amide bonds. The third-order valence-corrected chi connectivity index (χ3v) is 5.74. The highest BCUT2D eigenvalue weighted by Gasteiger charge is 2.14. The Balaban J connectivity index is 1.61. The average Bonchev–Trinajstić information content (AvgIpc) is 2.74. The first-order valence-electron chi connectivity index (χ1n) is 9.27. The van der Waals surface area contributed by atoms with E-state index >= 15 is 0 Å². The molecule has 0 aliphatic rings. The van der Waals surface area contributed by atoms with Gasteiger partial charge in [0.2, 0.25) is 0 Å². The number of aromatic nitrogens is 1. The van der Waals surface area contributed by atoms with Crippen molar-refractivity contribution in [1.82, 2.24) is 4.98 Å². The summed E-state index contributed by atoms with van der Waals surface area (Å²) in [5, 5.41) is 4.66. The minimum atomic E-state index is -1.23. The predicted octanol–water partition coefficient (Wildman–Crippen LogP) is 6.17. The molecule has 1 atom stereocenters. The SMILES string of the molecule is CS(=O)Nc1ccc(C(=O)Nc2ccc(Cl)c(-c3ccc4ccccc4n3)c2)c(Cl)c1. The Labute approximate surface area is 192 Å². The van der Waals surface area contributed by atoms with Gasteiger partial charge in [0.25, 0.3) is 5.91 Å². The summed E-state index contributed by atoms with van der Waals surface area (Å²) in [6.45, 7) is 0. The van der Waals surface area contributed by atoms with E-state index in [-0.39, 0.29) is 10.9 Å². The summed E-state index contributed by atoms with van der Waals surface area (Å²) in [7, 11) is -1.23. The van der Waals surface area contributed by atoms with Crippen LogP contribution in [0.2, 0.25) is 10.0 Å². The van der Waals surface area contributed by atoms with Crippen molar-refractivity contribution < 1.29 is 9.00 Å². The Bertz CT molecular complexity index is 1330. The van der Waals surface area contributed by atoms with Gasteiger partial charge in [0.05, 0.1) is 26.8 Å². The lowest BCUT2D eigenvalue weighted by molar-refractivity contribution is 0.102. The Kier molecular flexibility index (Phi) is 6.23. The van der Waals surface area contributed by atoms with E-state index in [1.165, 1.54) is 6.26 Å². The Hall–Kier alpha value is -2.93. The molecule has 0 spiro atoms. The first kappa shape index (κ1) is 21.3. The fourth-order valence-electron chi connectivity index (χ4n) is 3.14. The van der Waals surface area contributed by atoms with Crippen LogP contribution >= 0.6 is 23.2 Å². The number of halogens is 2. The van der Waals surface area contributed by atoms with Crippen molar-refractivity contribution in [2.75, 3.05) is 16.3 Å². The van der Waals surface area contributed by atoms with Gasteiger partial charge in [0.15, 0.2) is 0 Å². The number of fused-ring (bicyclic) bond motifs is 1. The van der Waals surface area contributed by atoms with Gasteiger partial charge in [-0.05, 0) is 48.5 Å². The van der Waals surface area contributed by atoms with Crippen molar-refractivity contribution in [2.24, 2.45) is 0 Å². The summed E-state index contributed by atoms with van der Waals surface area (Å²) in [6.07, 6.45) is 1.51. The molecule has 31 heavy (non-hydrogen) atoms. The number of amides is 1. The molecule has 0 aliphatic carbocycles. The molecule has 2 N–H and O–H groups in total. The molecule has 1 heterocycles. The first-order chi connectivity index (χ1) is 14.9. The van der Waals surface area contributed by atoms with Crippen LogP contribution in [0.3, 0.4) is 0 Å². The van der Waals surface area contributed by atoms with Gasteiger partial charge in [-0.1, -0.05) is 47.5 Å². The lowest BCUT2D eigenvalue weighted by Gasteiger charge is -2.11. The van der Waals surface area contributed by atoms with Crippen LogP contribution in [0, 0.1) is 0 Å². The molecule has 156 valence electrons. The fraction of sp³-hybridized carbons (Fsp3) is 0.0435. The summed E-state index contributed by atoms with van der Waals surface area (Å²) >= 11 is 12.7. The second-order valence-electron chi connectivity index (χ2n) is 6.79. The largest absolute Gasteiger partial charge is 0.322 e. The molecule has 1 unspecified atom stereocenters. The van der Waals surface area contributed by atoms with Gasteiger partial charge < -0.3 is 10.0 Å². The Morgan fingerprint density at radius 1 is 0.903 bits per heavy atom. The average molecular weight is 470 g/mol. The standard InChI is InChI=1S/C23H17Cl2N3O2S/c1-31(30)28-16-7-9-17(20(25)13-16)23(29)26-15-8-10-19(24)18(12-15)22-11-6-14-4-2-3-5-21(14)27-22/h2-13,28H,1H3,(H,26,29). The molecule has 8 heteroatoms. The molecule has 1 aromatic heterocycles. The molecular formula is C23H17Cl2N3O2S. The number of hydrogen-bond donors (Lipinski definition) is 2. The van der Waals surface area contributed by atoms with Gasteiger partial charge in [0.1, 0.15) is 11.0 Å². The zero-order valence-electron chi connectivity index (χ0n) is 16.4. The quantitative estimate of drug-likeness (QED) is 0.367. The lowest BCUT2D eigenvalue weighted by atomic mass is 10.1. The smallest absolute Gasteiger partial charge is 0.257 e. The van der Waals surface area contributed by atoms with E-state index in [1.807, 2.05) is 36.4 Å². The van der Waals surface area contributed by atoms with Crippen LogP contribution in [0.25, 0.3) is 22.2 Å². The number of benzene rings is 3. The summed E-state index contributed by atoms with van der Waals surface area (Å²) in [4.78, 5) is 17.4. The number of anilines is 2. The number of pyridine rings is 1. The predicted molar refractivity (Wildman–Crippen MR) is 129 cm³/mol. The zero-order chi connectivity index (χ0) is 22.0. The van der Waals surface area contributed by atoms with E-state index in [0.29, 0.717) is 33.2 Å². The van der Waals surface area contributed by atoms with Crippen LogP contribution in [0.1, 0.15) is 10.4 Å². The second-order valence-corrected chi connectivity index (χ2v) is 8.72. The van der Waals surface area contributed by atoms with Crippen LogP contribution < -0.4 is 10.0 Å². The van der Waals surface area contributed by atoms with Crippen LogP contribution in [0.15, 0.2) is 72.8 Å². The van der Waals surface area contributed by atoms with Crippen molar-refractivity contribution >= 4 is 62.4 Å². The molecule has 0 aliphatic heterocycles. The van der Waals surface area contributed by atoms with Gasteiger partial charge in [-0.2, -0.15) is 0 Å². The first-order valence-corrected chi connectivity index (χ1v) is 11.6. The molecular weight excluding hydrogens is 453 g/mol. The minimum absolute atomic E-state index is 0.248.